The lowest BCUT2D eigenvalue weighted by Gasteiger charge is -2.26. The van der Waals surface area contributed by atoms with Crippen molar-refractivity contribution < 1.29 is 19.0 Å². The molecule has 1 heterocycles. The highest BCUT2D eigenvalue weighted by Crippen LogP contribution is 2.28. The Bertz CT molecular complexity index is 861. The molecule has 7 nitrogen and oxygen atoms in total. The third-order valence-corrected chi connectivity index (χ3v) is 4.88. The summed E-state index contributed by atoms with van der Waals surface area (Å²) in [4.78, 5) is 14.0. The number of amides is 1. The molecule has 7 heteroatoms. The van der Waals surface area contributed by atoms with Crippen LogP contribution in [0.15, 0.2) is 47.6 Å². The average molecular weight is 412 g/mol. The van der Waals surface area contributed by atoms with E-state index in [1.54, 1.807) is 24.3 Å². The summed E-state index contributed by atoms with van der Waals surface area (Å²) in [5.74, 6) is 1.04. The summed E-state index contributed by atoms with van der Waals surface area (Å²) in [6.45, 7) is 7.19. The molecule has 3 rings (SSSR count). The molecule has 2 aromatic carbocycles. The van der Waals surface area contributed by atoms with Gasteiger partial charge in [0.25, 0.3) is 5.91 Å². The highest BCUT2D eigenvalue weighted by Gasteiger charge is 2.18. The lowest BCUT2D eigenvalue weighted by molar-refractivity contribution is -0.137. The number of methoxy groups -OCH3 is 1. The first-order chi connectivity index (χ1) is 14.6. The summed E-state index contributed by atoms with van der Waals surface area (Å²) in [5.41, 5.74) is 3.13. The minimum Gasteiger partial charge on any atom is -0.493 e. The van der Waals surface area contributed by atoms with Gasteiger partial charge in [0.2, 0.25) is 0 Å². The Morgan fingerprint density at radius 2 is 1.90 bits per heavy atom. The van der Waals surface area contributed by atoms with Crippen LogP contribution >= 0.6 is 0 Å². The second-order valence-electron chi connectivity index (χ2n) is 6.99. The molecule has 1 saturated heterocycles. The molecular weight excluding hydrogens is 382 g/mol. The van der Waals surface area contributed by atoms with E-state index in [9.17, 15) is 4.79 Å². The molecule has 1 aliphatic rings. The zero-order valence-corrected chi connectivity index (χ0v) is 17.8. The van der Waals surface area contributed by atoms with Gasteiger partial charge in [-0.3, -0.25) is 9.80 Å². The minimum atomic E-state index is -0.0531. The zero-order valence-electron chi connectivity index (χ0n) is 17.8. The van der Waals surface area contributed by atoms with Crippen LogP contribution < -0.4 is 14.5 Å². The number of aryl methyl sites for hydroxylation is 1. The molecule has 0 aliphatic carbocycles. The zero-order chi connectivity index (χ0) is 21.3. The Morgan fingerprint density at radius 3 is 2.57 bits per heavy atom. The molecule has 0 aromatic heterocycles. The van der Waals surface area contributed by atoms with Crippen molar-refractivity contribution in [2.45, 2.75) is 13.8 Å². The molecule has 0 bridgehead atoms. The maximum atomic E-state index is 12.3. The van der Waals surface area contributed by atoms with E-state index in [0.29, 0.717) is 37.8 Å². The molecule has 0 saturated carbocycles. The van der Waals surface area contributed by atoms with Crippen molar-refractivity contribution in [1.29, 1.82) is 0 Å². The number of morpholine rings is 1. The van der Waals surface area contributed by atoms with Gasteiger partial charge in [-0.15, -0.1) is 0 Å². The third-order valence-electron chi connectivity index (χ3n) is 4.88. The molecule has 160 valence electrons. The number of carbonyl (C=O) groups excluding carboxylic acids is 1. The van der Waals surface area contributed by atoms with Crippen LogP contribution in [0.5, 0.6) is 11.5 Å². The summed E-state index contributed by atoms with van der Waals surface area (Å²) in [7, 11) is 1.58. The second-order valence-corrected chi connectivity index (χ2v) is 6.99. The lowest BCUT2D eigenvalue weighted by atomic mass is 10.2. The van der Waals surface area contributed by atoms with Crippen molar-refractivity contribution in [1.82, 2.24) is 4.90 Å². The second kappa shape index (κ2) is 10.6. The molecule has 2 aromatic rings. The van der Waals surface area contributed by atoms with Crippen molar-refractivity contribution in [3.05, 3.63) is 53.6 Å². The molecule has 0 radical (unpaired) electrons. The maximum absolute atomic E-state index is 12.3. The molecule has 1 aliphatic heterocycles. The third kappa shape index (κ3) is 5.73. The molecule has 1 fully saturated rings. The SMILES string of the molecule is CCN(/N=C\c1ccc(OCC(=O)N2CCOCC2)c(OC)c1)c1ccc(C)cc1. The summed E-state index contributed by atoms with van der Waals surface area (Å²) >= 11 is 0. The van der Waals surface area contributed by atoms with Gasteiger partial charge in [0.05, 0.1) is 32.2 Å². The van der Waals surface area contributed by atoms with Gasteiger partial charge >= 0.3 is 0 Å². The largest absolute Gasteiger partial charge is 0.493 e. The minimum absolute atomic E-state index is 0.0270. The van der Waals surface area contributed by atoms with E-state index in [1.807, 2.05) is 17.1 Å². The van der Waals surface area contributed by atoms with Crippen LogP contribution in [0.3, 0.4) is 0 Å². The van der Waals surface area contributed by atoms with E-state index in [-0.39, 0.29) is 12.5 Å². The fourth-order valence-electron chi connectivity index (χ4n) is 3.11. The van der Waals surface area contributed by atoms with Gasteiger partial charge < -0.3 is 19.1 Å². The number of nitrogens with zero attached hydrogens (tertiary/aromatic N) is 3. The molecule has 30 heavy (non-hydrogen) atoms. The molecule has 0 N–H and O–H groups in total. The summed E-state index contributed by atoms with van der Waals surface area (Å²) < 4.78 is 16.4. The molecule has 0 spiro atoms. The van der Waals surface area contributed by atoms with E-state index < -0.39 is 0 Å². The van der Waals surface area contributed by atoms with Gasteiger partial charge in [0.15, 0.2) is 18.1 Å². The maximum Gasteiger partial charge on any atom is 0.260 e. The van der Waals surface area contributed by atoms with E-state index in [4.69, 9.17) is 14.2 Å². The average Bonchev–Trinajstić information content (AvgIpc) is 2.79. The van der Waals surface area contributed by atoms with Crippen LogP contribution in [-0.2, 0) is 9.53 Å². The predicted octanol–water partition coefficient (Wildman–Crippen LogP) is 3.10. The van der Waals surface area contributed by atoms with Gasteiger partial charge in [0.1, 0.15) is 0 Å². The van der Waals surface area contributed by atoms with Crippen molar-refractivity contribution in [2.75, 3.05) is 51.6 Å². The Morgan fingerprint density at radius 1 is 1.17 bits per heavy atom. The molecule has 1 amide bonds. The van der Waals surface area contributed by atoms with Gasteiger partial charge in [-0.05, 0) is 49.7 Å². The van der Waals surface area contributed by atoms with Crippen LogP contribution in [0, 0.1) is 6.92 Å². The number of hydrogen-bond donors (Lipinski definition) is 0. The van der Waals surface area contributed by atoms with Crippen molar-refractivity contribution >= 4 is 17.8 Å². The fraction of sp³-hybridized carbons (Fsp3) is 0.391. The van der Waals surface area contributed by atoms with Gasteiger partial charge in [-0.1, -0.05) is 17.7 Å². The van der Waals surface area contributed by atoms with Crippen LogP contribution in [0.4, 0.5) is 5.69 Å². The first kappa shape index (κ1) is 21.6. The Labute approximate surface area is 177 Å². The van der Waals surface area contributed by atoms with Crippen molar-refractivity contribution in [3.8, 4) is 11.5 Å². The van der Waals surface area contributed by atoms with Crippen molar-refractivity contribution in [3.63, 3.8) is 0 Å². The molecular formula is C23H29N3O4. The van der Waals surface area contributed by atoms with Crippen LogP contribution in [0.1, 0.15) is 18.1 Å². The summed E-state index contributed by atoms with van der Waals surface area (Å²) in [6, 6.07) is 13.8. The monoisotopic (exact) mass is 411 g/mol. The Hall–Kier alpha value is -3.06. The summed E-state index contributed by atoms with van der Waals surface area (Å²) in [6.07, 6.45) is 1.79. The number of hydrazone groups is 1. The Balaban J connectivity index is 1.64. The van der Waals surface area contributed by atoms with E-state index >= 15 is 0 Å². The van der Waals surface area contributed by atoms with Crippen LogP contribution in [-0.4, -0.2) is 63.6 Å². The van der Waals surface area contributed by atoms with E-state index in [1.165, 1.54) is 5.56 Å². The molecule has 0 atom stereocenters. The summed E-state index contributed by atoms with van der Waals surface area (Å²) in [5, 5.41) is 6.52. The number of ether oxygens (including phenoxy) is 3. The quantitative estimate of drug-likeness (QED) is 0.493. The first-order valence-corrected chi connectivity index (χ1v) is 10.1. The first-order valence-electron chi connectivity index (χ1n) is 10.1. The number of anilines is 1. The highest BCUT2D eigenvalue weighted by molar-refractivity contribution is 5.82. The molecule has 0 unspecified atom stereocenters. The number of benzene rings is 2. The number of carbonyl (C=O) groups is 1. The standard InChI is InChI=1S/C23H29N3O4/c1-4-26(20-8-5-18(2)6-9-20)24-16-19-7-10-21(22(15-19)28-3)30-17-23(27)25-11-13-29-14-12-25/h5-10,15-16H,4,11-14,17H2,1-3H3/b24-16-. The highest BCUT2D eigenvalue weighted by atomic mass is 16.5. The fourth-order valence-corrected chi connectivity index (χ4v) is 3.11. The number of rotatable bonds is 8. The van der Waals surface area contributed by atoms with Crippen LogP contribution in [0.25, 0.3) is 0 Å². The van der Waals surface area contributed by atoms with Gasteiger partial charge in [-0.25, -0.2) is 0 Å². The van der Waals surface area contributed by atoms with Crippen molar-refractivity contribution in [2.24, 2.45) is 5.10 Å². The van der Waals surface area contributed by atoms with E-state index in [2.05, 4.69) is 43.2 Å². The normalized spacial score (nSPS) is 14.0. The lowest BCUT2D eigenvalue weighted by Crippen LogP contribution is -2.43. The topological polar surface area (TPSA) is 63.6 Å². The van der Waals surface area contributed by atoms with Crippen LogP contribution in [0.2, 0.25) is 0 Å². The van der Waals surface area contributed by atoms with Gasteiger partial charge in [0, 0.05) is 19.6 Å². The number of hydrogen-bond acceptors (Lipinski definition) is 6. The van der Waals surface area contributed by atoms with Gasteiger partial charge in [-0.2, -0.15) is 5.10 Å². The Kier molecular flexibility index (Phi) is 7.68. The smallest absolute Gasteiger partial charge is 0.260 e. The predicted molar refractivity (Wildman–Crippen MR) is 118 cm³/mol. The van der Waals surface area contributed by atoms with E-state index in [0.717, 1.165) is 17.8 Å².